The van der Waals surface area contributed by atoms with Crippen LogP contribution < -0.4 is 5.32 Å². The molecule has 1 spiro atoms. The molecule has 1 aliphatic heterocycles. The molecule has 1 saturated heterocycles. The number of halogens is 3. The molecule has 1 aromatic carbocycles. The zero-order valence-electron chi connectivity index (χ0n) is 18.5. The summed E-state index contributed by atoms with van der Waals surface area (Å²) in [6.45, 7) is 4.00. The molecule has 1 N–H and O–H groups in total. The minimum absolute atomic E-state index is 0.213. The number of hydrogen-bond donors (Lipinski definition) is 1. The van der Waals surface area contributed by atoms with Crippen LogP contribution >= 0.6 is 0 Å². The maximum Gasteiger partial charge on any atom is 0.266 e. The Morgan fingerprint density at radius 1 is 1.19 bits per heavy atom. The van der Waals surface area contributed by atoms with Crippen LogP contribution in [0.2, 0.25) is 0 Å². The van der Waals surface area contributed by atoms with Crippen LogP contribution in [-0.4, -0.2) is 47.2 Å². The van der Waals surface area contributed by atoms with Gasteiger partial charge >= 0.3 is 0 Å². The molecule has 2 aromatic rings. The van der Waals surface area contributed by atoms with E-state index in [9.17, 15) is 13.2 Å². The van der Waals surface area contributed by atoms with Crippen molar-refractivity contribution in [1.82, 2.24) is 14.9 Å². The van der Waals surface area contributed by atoms with Gasteiger partial charge in [-0.3, -0.25) is 4.90 Å². The topological polar surface area (TPSA) is 50.3 Å². The van der Waals surface area contributed by atoms with E-state index in [0.29, 0.717) is 23.4 Å². The summed E-state index contributed by atoms with van der Waals surface area (Å²) in [4.78, 5) is 11.5. The van der Waals surface area contributed by atoms with Gasteiger partial charge in [0.2, 0.25) is 0 Å². The highest BCUT2D eigenvalue weighted by molar-refractivity contribution is 5.49. The first-order valence-electron chi connectivity index (χ1n) is 11.3. The number of aromatic nitrogens is 2. The van der Waals surface area contributed by atoms with E-state index in [-0.39, 0.29) is 5.56 Å². The van der Waals surface area contributed by atoms with Gasteiger partial charge in [-0.25, -0.2) is 23.1 Å². The predicted octanol–water partition coefficient (Wildman–Crippen LogP) is 4.69. The number of aryl methyl sites for hydroxylation is 1. The number of methoxy groups -OCH3 is 1. The normalized spacial score (nSPS) is 23.5. The first-order valence-corrected chi connectivity index (χ1v) is 11.3. The van der Waals surface area contributed by atoms with Crippen molar-refractivity contribution in [2.24, 2.45) is 5.41 Å². The minimum Gasteiger partial charge on any atom is -0.381 e. The second-order valence-electron chi connectivity index (χ2n) is 9.63. The van der Waals surface area contributed by atoms with Gasteiger partial charge in [0.25, 0.3) is 6.43 Å². The van der Waals surface area contributed by atoms with Crippen molar-refractivity contribution in [1.29, 1.82) is 0 Å². The number of benzene rings is 1. The molecule has 0 bridgehead atoms. The van der Waals surface area contributed by atoms with Crippen LogP contribution in [0.15, 0.2) is 24.5 Å². The number of anilines is 1. The molecule has 5 nitrogen and oxygen atoms in total. The fourth-order valence-corrected chi connectivity index (χ4v) is 5.71. The molecule has 2 aliphatic carbocycles. The largest absolute Gasteiger partial charge is 0.381 e. The molecular formula is C24H29F3N4O. The third kappa shape index (κ3) is 3.77. The number of ether oxygens (including phenoxy) is 1. The number of fused-ring (bicyclic) bond motifs is 1. The molecule has 3 aliphatic rings. The Bertz CT molecular complexity index is 987. The summed E-state index contributed by atoms with van der Waals surface area (Å²) in [6.07, 6.45) is 4.19. The maximum absolute atomic E-state index is 14.6. The molecule has 8 heteroatoms. The number of nitrogens with zero attached hydrogens (tertiary/aromatic N) is 3. The Kier molecular flexibility index (Phi) is 5.61. The van der Waals surface area contributed by atoms with Gasteiger partial charge in [0.15, 0.2) is 0 Å². The van der Waals surface area contributed by atoms with E-state index in [0.717, 1.165) is 62.5 Å². The summed E-state index contributed by atoms with van der Waals surface area (Å²) in [5, 5.41) is 3.27. The number of alkyl halides is 2. The Balaban J connectivity index is 1.29. The Labute approximate surface area is 186 Å². The summed E-state index contributed by atoms with van der Waals surface area (Å²) in [6, 6.07) is 4.08. The van der Waals surface area contributed by atoms with Crippen molar-refractivity contribution in [3.05, 3.63) is 52.7 Å². The number of likely N-dealkylation sites (tertiary alicyclic amines) is 1. The van der Waals surface area contributed by atoms with Gasteiger partial charge in [0, 0.05) is 48.5 Å². The zero-order valence-corrected chi connectivity index (χ0v) is 18.5. The van der Waals surface area contributed by atoms with Crippen LogP contribution in [-0.2, 0) is 17.6 Å². The Morgan fingerprint density at radius 3 is 2.66 bits per heavy atom. The van der Waals surface area contributed by atoms with Crippen molar-refractivity contribution in [2.75, 3.05) is 25.5 Å². The number of nitrogens with one attached hydrogen (secondary N) is 1. The molecule has 5 rings (SSSR count). The van der Waals surface area contributed by atoms with Crippen LogP contribution in [0.4, 0.5) is 19.0 Å². The number of hydrogen-bond acceptors (Lipinski definition) is 5. The van der Waals surface area contributed by atoms with Crippen molar-refractivity contribution in [2.45, 2.75) is 63.6 Å². The third-order valence-corrected chi connectivity index (χ3v) is 7.55. The van der Waals surface area contributed by atoms with Crippen molar-refractivity contribution in [3.8, 4) is 0 Å². The quantitative estimate of drug-likeness (QED) is 0.698. The molecular weight excluding hydrogens is 417 g/mol. The summed E-state index contributed by atoms with van der Waals surface area (Å²) in [7, 11) is 1.79. The standard InChI is InChI=1S/C24H29F3N4O/c1-14(17-4-3-5-18(21(17)25)22(26)27)30-23-19-8-15(6-7-20(19)28-13-29-23)31-11-24(12-31)9-16(10-24)32-2/h3-5,13-16,22H,6-12H2,1-2H3,(H,28,29,30)/t14-,15+/m1/s1. The van der Waals surface area contributed by atoms with Crippen LogP contribution in [0.1, 0.15) is 61.0 Å². The Morgan fingerprint density at radius 2 is 1.94 bits per heavy atom. The summed E-state index contributed by atoms with van der Waals surface area (Å²) in [5.41, 5.74) is 2.16. The van der Waals surface area contributed by atoms with Crippen molar-refractivity contribution in [3.63, 3.8) is 0 Å². The van der Waals surface area contributed by atoms with Crippen LogP contribution in [0.5, 0.6) is 0 Å². The van der Waals surface area contributed by atoms with Crippen LogP contribution in [0.25, 0.3) is 0 Å². The van der Waals surface area contributed by atoms with E-state index in [4.69, 9.17) is 4.74 Å². The molecule has 2 fully saturated rings. The average molecular weight is 447 g/mol. The molecule has 32 heavy (non-hydrogen) atoms. The lowest BCUT2D eigenvalue weighted by Gasteiger charge is -2.61. The lowest BCUT2D eigenvalue weighted by atomic mass is 9.61. The molecule has 2 atom stereocenters. The highest BCUT2D eigenvalue weighted by Gasteiger charge is 2.54. The van der Waals surface area contributed by atoms with Crippen molar-refractivity contribution >= 4 is 5.82 Å². The molecule has 0 unspecified atom stereocenters. The highest BCUT2D eigenvalue weighted by atomic mass is 19.3. The second kappa shape index (κ2) is 8.30. The molecule has 0 amide bonds. The monoisotopic (exact) mass is 446 g/mol. The lowest BCUT2D eigenvalue weighted by Crippen LogP contribution is -2.66. The first kappa shape index (κ1) is 21.6. The van der Waals surface area contributed by atoms with Crippen LogP contribution in [0.3, 0.4) is 0 Å². The molecule has 1 aromatic heterocycles. The molecule has 2 heterocycles. The van der Waals surface area contributed by atoms with E-state index >= 15 is 0 Å². The van der Waals surface area contributed by atoms with Crippen LogP contribution in [0, 0.1) is 11.2 Å². The molecule has 1 saturated carbocycles. The summed E-state index contributed by atoms with van der Waals surface area (Å²) >= 11 is 0. The van der Waals surface area contributed by atoms with Gasteiger partial charge in [-0.05, 0) is 39.0 Å². The predicted molar refractivity (Wildman–Crippen MR) is 115 cm³/mol. The third-order valence-electron chi connectivity index (χ3n) is 7.55. The smallest absolute Gasteiger partial charge is 0.266 e. The van der Waals surface area contributed by atoms with Gasteiger partial charge in [0.1, 0.15) is 18.0 Å². The zero-order chi connectivity index (χ0) is 22.5. The van der Waals surface area contributed by atoms with Gasteiger partial charge in [-0.2, -0.15) is 0 Å². The minimum atomic E-state index is -2.84. The van der Waals surface area contributed by atoms with Gasteiger partial charge in [-0.15, -0.1) is 0 Å². The van der Waals surface area contributed by atoms with E-state index in [1.165, 1.54) is 12.4 Å². The first-order chi connectivity index (χ1) is 15.4. The number of rotatable bonds is 6. The highest BCUT2D eigenvalue weighted by Crippen LogP contribution is 2.51. The van der Waals surface area contributed by atoms with Crippen molar-refractivity contribution < 1.29 is 17.9 Å². The second-order valence-corrected chi connectivity index (χ2v) is 9.63. The molecule has 172 valence electrons. The van der Waals surface area contributed by atoms with Gasteiger partial charge in [-0.1, -0.05) is 18.2 Å². The molecule has 0 radical (unpaired) electrons. The summed E-state index contributed by atoms with van der Waals surface area (Å²) in [5.74, 6) is -0.184. The fourth-order valence-electron chi connectivity index (χ4n) is 5.71. The maximum atomic E-state index is 14.6. The van der Waals surface area contributed by atoms with Gasteiger partial charge < -0.3 is 10.1 Å². The Hall–Kier alpha value is -2.19. The fraction of sp³-hybridized carbons (Fsp3) is 0.583. The van der Waals surface area contributed by atoms with E-state index in [1.807, 2.05) is 0 Å². The SMILES string of the molecule is COC1CC2(C1)CN([C@H]1CCc3ncnc(N[C@H](C)c4cccc(C(F)F)c4F)c3C1)C2. The van der Waals surface area contributed by atoms with Gasteiger partial charge in [0.05, 0.1) is 17.7 Å². The lowest BCUT2D eigenvalue weighted by molar-refractivity contribution is -0.153. The average Bonchev–Trinajstić information content (AvgIpc) is 2.72. The van der Waals surface area contributed by atoms with E-state index in [2.05, 4.69) is 20.2 Å². The van der Waals surface area contributed by atoms with E-state index < -0.39 is 23.8 Å². The summed E-state index contributed by atoms with van der Waals surface area (Å²) < 4.78 is 46.3. The van der Waals surface area contributed by atoms with E-state index in [1.54, 1.807) is 20.1 Å².